The summed E-state index contributed by atoms with van der Waals surface area (Å²) in [4.78, 5) is 14.3. The highest BCUT2D eigenvalue weighted by Gasteiger charge is 2.30. The minimum absolute atomic E-state index is 0.0965. The summed E-state index contributed by atoms with van der Waals surface area (Å²) >= 11 is 0. The van der Waals surface area contributed by atoms with Crippen LogP contribution >= 0.6 is 0 Å². The zero-order valence-corrected chi connectivity index (χ0v) is 16.8. The van der Waals surface area contributed by atoms with Crippen LogP contribution in [0.15, 0.2) is 71.3 Å². The first-order valence-corrected chi connectivity index (χ1v) is 10.6. The van der Waals surface area contributed by atoms with Crippen LogP contribution in [0.3, 0.4) is 0 Å². The molecule has 0 saturated carbocycles. The third-order valence-electron chi connectivity index (χ3n) is 4.64. The second-order valence-electron chi connectivity index (χ2n) is 6.52. The lowest BCUT2D eigenvalue weighted by molar-refractivity contribution is 0.0698. The van der Waals surface area contributed by atoms with E-state index in [-0.39, 0.29) is 29.5 Å². The molecule has 1 amide bonds. The molecule has 0 aromatic heterocycles. The van der Waals surface area contributed by atoms with Gasteiger partial charge in [-0.3, -0.25) is 4.79 Å². The number of hydrogen-bond acceptors (Lipinski definition) is 6. The molecule has 9 heteroatoms. The number of sulfonamides is 1. The fraction of sp³-hybridized carbons (Fsp3) is 0.190. The van der Waals surface area contributed by atoms with Gasteiger partial charge in [-0.2, -0.15) is 14.8 Å². The molecule has 0 bridgehead atoms. The number of nitrogens with one attached hydrogen (secondary N) is 1. The molecule has 1 fully saturated rings. The van der Waals surface area contributed by atoms with E-state index in [0.29, 0.717) is 24.3 Å². The zero-order valence-electron chi connectivity index (χ0n) is 16.0. The molecule has 0 spiro atoms. The monoisotopic (exact) mass is 421 g/mol. The molecule has 1 aliphatic heterocycles. The minimum Gasteiger partial charge on any atom is -0.360 e. The number of nitriles is 2. The van der Waals surface area contributed by atoms with E-state index in [0.717, 1.165) is 0 Å². The number of piperazine rings is 1. The first-order valence-electron chi connectivity index (χ1n) is 9.17. The van der Waals surface area contributed by atoms with E-state index in [9.17, 15) is 13.2 Å². The fourth-order valence-corrected chi connectivity index (χ4v) is 4.50. The molecular formula is C21H19N5O3S. The summed E-state index contributed by atoms with van der Waals surface area (Å²) in [7, 11) is -3.74. The van der Waals surface area contributed by atoms with Crippen LogP contribution < -0.4 is 5.32 Å². The Morgan fingerprint density at radius 3 is 2.27 bits per heavy atom. The van der Waals surface area contributed by atoms with Gasteiger partial charge in [0.1, 0.15) is 17.7 Å². The van der Waals surface area contributed by atoms with Gasteiger partial charge in [-0.05, 0) is 30.3 Å². The number of allylic oxidation sites excluding steroid dienone is 1. The number of hydrogen-bond donors (Lipinski definition) is 1. The number of rotatable bonds is 5. The molecule has 8 nitrogen and oxygen atoms in total. The summed E-state index contributed by atoms with van der Waals surface area (Å²) in [5, 5.41) is 20.3. The molecule has 152 valence electrons. The molecule has 0 unspecified atom stereocenters. The van der Waals surface area contributed by atoms with Crippen molar-refractivity contribution in [2.75, 3.05) is 31.5 Å². The summed E-state index contributed by atoms with van der Waals surface area (Å²) in [5.74, 6) is -0.114. The van der Waals surface area contributed by atoms with Crippen molar-refractivity contribution in [1.29, 1.82) is 10.5 Å². The molecule has 0 atom stereocenters. The Kier molecular flexibility index (Phi) is 6.48. The van der Waals surface area contributed by atoms with E-state index in [1.54, 1.807) is 53.4 Å². The summed E-state index contributed by atoms with van der Waals surface area (Å²) in [5.41, 5.74) is 0.897. The highest BCUT2D eigenvalue weighted by molar-refractivity contribution is 7.89. The molecule has 0 aliphatic carbocycles. The molecular weight excluding hydrogens is 402 g/mol. The van der Waals surface area contributed by atoms with E-state index in [4.69, 9.17) is 10.5 Å². The molecule has 2 aromatic carbocycles. The van der Waals surface area contributed by atoms with Crippen LogP contribution in [0.2, 0.25) is 0 Å². The van der Waals surface area contributed by atoms with Gasteiger partial charge in [0.05, 0.1) is 4.90 Å². The normalized spacial score (nSPS) is 14.3. The smallest absolute Gasteiger partial charge is 0.253 e. The SMILES string of the molecule is N#CC(C#N)=CNc1cccc(S(=O)(=O)N2CCN(C(=O)c3ccccc3)CC2)c1. The van der Waals surface area contributed by atoms with Crippen LogP contribution in [0.1, 0.15) is 10.4 Å². The maximum atomic E-state index is 13.0. The minimum atomic E-state index is -3.74. The van der Waals surface area contributed by atoms with Crippen LogP contribution in [0.4, 0.5) is 5.69 Å². The van der Waals surface area contributed by atoms with Crippen molar-refractivity contribution < 1.29 is 13.2 Å². The lowest BCUT2D eigenvalue weighted by Gasteiger charge is -2.34. The van der Waals surface area contributed by atoms with Crippen molar-refractivity contribution in [1.82, 2.24) is 9.21 Å². The molecule has 0 radical (unpaired) electrons. The lowest BCUT2D eigenvalue weighted by atomic mass is 10.2. The van der Waals surface area contributed by atoms with Crippen molar-refractivity contribution in [3.63, 3.8) is 0 Å². The molecule has 2 aromatic rings. The van der Waals surface area contributed by atoms with E-state index in [1.165, 1.54) is 22.6 Å². The van der Waals surface area contributed by atoms with Gasteiger partial charge in [-0.15, -0.1) is 0 Å². The molecule has 3 rings (SSSR count). The Labute approximate surface area is 175 Å². The number of amides is 1. The number of anilines is 1. The van der Waals surface area contributed by atoms with E-state index < -0.39 is 10.0 Å². The molecule has 30 heavy (non-hydrogen) atoms. The topological polar surface area (TPSA) is 117 Å². The Balaban J connectivity index is 1.69. The standard InChI is InChI=1S/C21H19N5O3S/c22-14-17(15-23)16-24-19-7-4-8-20(13-19)30(28,29)26-11-9-25(10-12-26)21(27)18-5-2-1-3-6-18/h1-8,13,16,24H,9-12H2. The van der Waals surface area contributed by atoms with Crippen molar-refractivity contribution >= 4 is 21.6 Å². The first-order chi connectivity index (χ1) is 14.5. The van der Waals surface area contributed by atoms with Crippen LogP contribution in [-0.2, 0) is 10.0 Å². The summed E-state index contributed by atoms with van der Waals surface area (Å²) < 4.78 is 27.4. The highest BCUT2D eigenvalue weighted by Crippen LogP contribution is 2.21. The average Bonchev–Trinajstić information content (AvgIpc) is 2.80. The molecule has 1 aliphatic rings. The Bertz CT molecular complexity index is 1120. The van der Waals surface area contributed by atoms with Gasteiger partial charge in [0.25, 0.3) is 5.91 Å². The average molecular weight is 421 g/mol. The van der Waals surface area contributed by atoms with Crippen molar-refractivity contribution in [3.8, 4) is 12.1 Å². The fourth-order valence-electron chi connectivity index (χ4n) is 3.04. The number of carbonyl (C=O) groups is 1. The highest BCUT2D eigenvalue weighted by atomic mass is 32.2. The second-order valence-corrected chi connectivity index (χ2v) is 8.45. The van der Waals surface area contributed by atoms with Gasteiger partial charge in [-0.1, -0.05) is 24.3 Å². The third-order valence-corrected chi connectivity index (χ3v) is 6.54. The van der Waals surface area contributed by atoms with Gasteiger partial charge in [0.15, 0.2) is 0 Å². The van der Waals surface area contributed by atoms with Crippen molar-refractivity contribution in [2.24, 2.45) is 0 Å². The van der Waals surface area contributed by atoms with Crippen LogP contribution in [0.25, 0.3) is 0 Å². The van der Waals surface area contributed by atoms with Crippen molar-refractivity contribution in [3.05, 3.63) is 71.9 Å². The largest absolute Gasteiger partial charge is 0.360 e. The van der Waals surface area contributed by atoms with Gasteiger partial charge < -0.3 is 10.2 Å². The van der Waals surface area contributed by atoms with Crippen LogP contribution in [0.5, 0.6) is 0 Å². The molecule has 1 N–H and O–H groups in total. The van der Waals surface area contributed by atoms with Gasteiger partial charge >= 0.3 is 0 Å². The lowest BCUT2D eigenvalue weighted by Crippen LogP contribution is -2.50. The van der Waals surface area contributed by atoms with Crippen molar-refractivity contribution in [2.45, 2.75) is 4.90 Å². The summed E-state index contributed by atoms with van der Waals surface area (Å²) in [6.07, 6.45) is 1.22. The van der Waals surface area contributed by atoms with Crippen LogP contribution in [-0.4, -0.2) is 49.7 Å². The number of nitrogens with zero attached hydrogens (tertiary/aromatic N) is 4. The first kappa shape index (κ1) is 21.1. The number of benzene rings is 2. The summed E-state index contributed by atoms with van der Waals surface area (Å²) in [6, 6.07) is 18.5. The molecule has 1 saturated heterocycles. The zero-order chi connectivity index (χ0) is 21.6. The second kappa shape index (κ2) is 9.23. The maximum absolute atomic E-state index is 13.0. The van der Waals surface area contributed by atoms with Crippen LogP contribution in [0, 0.1) is 22.7 Å². The van der Waals surface area contributed by atoms with Gasteiger partial charge in [0.2, 0.25) is 10.0 Å². The Hall–Kier alpha value is -3.66. The van der Waals surface area contributed by atoms with Gasteiger partial charge in [0, 0.05) is 43.6 Å². The number of carbonyl (C=O) groups excluding carboxylic acids is 1. The molecule has 1 heterocycles. The Morgan fingerprint density at radius 1 is 0.967 bits per heavy atom. The maximum Gasteiger partial charge on any atom is 0.253 e. The van der Waals surface area contributed by atoms with E-state index in [1.807, 2.05) is 6.07 Å². The summed E-state index contributed by atoms with van der Waals surface area (Å²) in [6.45, 7) is 1.01. The quantitative estimate of drug-likeness (QED) is 0.740. The predicted octanol–water partition coefficient (Wildman–Crippen LogP) is 2.18. The third kappa shape index (κ3) is 4.66. The Morgan fingerprint density at radius 2 is 1.63 bits per heavy atom. The van der Waals surface area contributed by atoms with E-state index in [2.05, 4.69) is 5.32 Å². The van der Waals surface area contributed by atoms with E-state index >= 15 is 0 Å². The van der Waals surface area contributed by atoms with Gasteiger partial charge in [-0.25, -0.2) is 8.42 Å². The predicted molar refractivity (Wildman–Crippen MR) is 110 cm³/mol.